The molecule has 3 N–H and O–H groups in total. The van der Waals surface area contributed by atoms with Gasteiger partial charge in [0.1, 0.15) is 12.1 Å². The Labute approximate surface area is 67.8 Å². The summed E-state index contributed by atoms with van der Waals surface area (Å²) in [5, 5.41) is 11.4. The van der Waals surface area contributed by atoms with Crippen LogP contribution in [0.4, 0.5) is 0 Å². The van der Waals surface area contributed by atoms with Crippen LogP contribution in [0.15, 0.2) is 0 Å². The Morgan fingerprint density at radius 1 is 1.67 bits per heavy atom. The van der Waals surface area contributed by atoms with Crippen molar-refractivity contribution >= 4 is 11.9 Å². The SMILES string of the molecule is O=C1NO[C@H]2[C@@H]1CN[C@@H]2C(=O)O. The number of amides is 1. The van der Waals surface area contributed by atoms with E-state index in [9.17, 15) is 9.59 Å². The monoisotopic (exact) mass is 172 g/mol. The largest absolute Gasteiger partial charge is 0.480 e. The van der Waals surface area contributed by atoms with Crippen LogP contribution in [0.3, 0.4) is 0 Å². The lowest BCUT2D eigenvalue weighted by molar-refractivity contribution is -0.143. The summed E-state index contributed by atoms with van der Waals surface area (Å²) in [7, 11) is 0. The maximum Gasteiger partial charge on any atom is 0.323 e. The van der Waals surface area contributed by atoms with Gasteiger partial charge in [-0.3, -0.25) is 14.4 Å². The fraction of sp³-hybridized carbons (Fsp3) is 0.667. The van der Waals surface area contributed by atoms with Crippen LogP contribution >= 0.6 is 0 Å². The summed E-state index contributed by atoms with van der Waals surface area (Å²) in [6.45, 7) is 0.369. The smallest absolute Gasteiger partial charge is 0.323 e. The minimum atomic E-state index is -0.987. The molecular formula is C6H8N2O4. The van der Waals surface area contributed by atoms with Crippen LogP contribution in [-0.2, 0) is 14.4 Å². The minimum absolute atomic E-state index is 0.240. The molecule has 0 saturated carbocycles. The Kier molecular flexibility index (Phi) is 1.52. The van der Waals surface area contributed by atoms with Crippen LogP contribution in [0.2, 0.25) is 0 Å². The molecule has 2 aliphatic heterocycles. The number of carboxylic acids is 1. The van der Waals surface area contributed by atoms with Crippen LogP contribution in [-0.4, -0.2) is 35.7 Å². The van der Waals surface area contributed by atoms with E-state index in [2.05, 4.69) is 10.8 Å². The molecule has 0 bridgehead atoms. The first-order valence-electron chi connectivity index (χ1n) is 3.62. The lowest BCUT2D eigenvalue weighted by Crippen LogP contribution is -2.40. The Morgan fingerprint density at radius 3 is 3.08 bits per heavy atom. The van der Waals surface area contributed by atoms with E-state index in [0.29, 0.717) is 6.54 Å². The molecule has 0 unspecified atom stereocenters. The predicted molar refractivity (Wildman–Crippen MR) is 35.9 cm³/mol. The number of hydroxylamine groups is 1. The first-order chi connectivity index (χ1) is 5.70. The summed E-state index contributed by atoms with van der Waals surface area (Å²) in [6.07, 6.45) is -0.560. The number of nitrogens with one attached hydrogen (secondary N) is 2. The van der Waals surface area contributed by atoms with E-state index < -0.39 is 18.1 Å². The van der Waals surface area contributed by atoms with E-state index in [4.69, 9.17) is 9.94 Å². The van der Waals surface area contributed by atoms with Gasteiger partial charge in [0, 0.05) is 6.54 Å². The van der Waals surface area contributed by atoms with E-state index in [1.165, 1.54) is 0 Å². The highest BCUT2D eigenvalue weighted by Gasteiger charge is 2.49. The first-order valence-corrected chi connectivity index (χ1v) is 3.62. The molecule has 3 atom stereocenters. The molecule has 2 saturated heterocycles. The van der Waals surface area contributed by atoms with Crippen LogP contribution in [0.1, 0.15) is 0 Å². The predicted octanol–water partition coefficient (Wildman–Crippen LogP) is -1.91. The van der Waals surface area contributed by atoms with Crippen molar-refractivity contribution in [1.82, 2.24) is 10.8 Å². The lowest BCUT2D eigenvalue weighted by atomic mass is 10.0. The van der Waals surface area contributed by atoms with Gasteiger partial charge in [0.25, 0.3) is 5.91 Å². The second kappa shape index (κ2) is 2.43. The second-order valence-electron chi connectivity index (χ2n) is 2.88. The summed E-state index contributed by atoms with van der Waals surface area (Å²) in [4.78, 5) is 26.3. The Hall–Kier alpha value is -1.14. The lowest BCUT2D eigenvalue weighted by Gasteiger charge is -2.10. The van der Waals surface area contributed by atoms with E-state index >= 15 is 0 Å². The Morgan fingerprint density at radius 2 is 2.42 bits per heavy atom. The van der Waals surface area contributed by atoms with E-state index in [-0.39, 0.29) is 11.8 Å². The second-order valence-corrected chi connectivity index (χ2v) is 2.88. The molecule has 0 radical (unpaired) electrons. The van der Waals surface area contributed by atoms with Gasteiger partial charge in [-0.2, -0.15) is 0 Å². The van der Waals surface area contributed by atoms with Crippen molar-refractivity contribution in [3.8, 4) is 0 Å². The van der Waals surface area contributed by atoms with Gasteiger partial charge in [-0.15, -0.1) is 0 Å². The fourth-order valence-electron chi connectivity index (χ4n) is 1.54. The molecule has 2 aliphatic rings. The van der Waals surface area contributed by atoms with Crippen molar-refractivity contribution in [3.05, 3.63) is 0 Å². The molecular weight excluding hydrogens is 164 g/mol. The van der Waals surface area contributed by atoms with Crippen molar-refractivity contribution in [2.75, 3.05) is 6.54 Å². The minimum Gasteiger partial charge on any atom is -0.480 e. The van der Waals surface area contributed by atoms with Crippen LogP contribution in [0.25, 0.3) is 0 Å². The topological polar surface area (TPSA) is 87.7 Å². The van der Waals surface area contributed by atoms with Crippen molar-refractivity contribution < 1.29 is 19.5 Å². The van der Waals surface area contributed by atoms with Crippen LogP contribution in [0, 0.1) is 5.92 Å². The van der Waals surface area contributed by atoms with Gasteiger partial charge in [-0.1, -0.05) is 0 Å². The van der Waals surface area contributed by atoms with Gasteiger partial charge in [0.2, 0.25) is 0 Å². The molecule has 6 heteroatoms. The van der Waals surface area contributed by atoms with Crippen molar-refractivity contribution in [2.45, 2.75) is 12.1 Å². The molecule has 2 fully saturated rings. The zero-order valence-electron chi connectivity index (χ0n) is 6.11. The normalized spacial score (nSPS) is 39.3. The molecule has 12 heavy (non-hydrogen) atoms. The Bertz CT molecular complexity index is 242. The maximum atomic E-state index is 11.0. The highest BCUT2D eigenvalue weighted by molar-refractivity contribution is 5.84. The average Bonchev–Trinajstić information content (AvgIpc) is 2.53. The molecule has 0 aromatic heterocycles. The quantitative estimate of drug-likeness (QED) is 0.429. The summed E-state index contributed by atoms with van der Waals surface area (Å²) in [6, 6.07) is -0.769. The zero-order chi connectivity index (χ0) is 8.72. The molecule has 6 nitrogen and oxygen atoms in total. The van der Waals surface area contributed by atoms with Crippen molar-refractivity contribution in [1.29, 1.82) is 0 Å². The van der Waals surface area contributed by atoms with Gasteiger partial charge < -0.3 is 10.4 Å². The molecule has 2 heterocycles. The Balaban J connectivity index is 2.15. The number of hydrogen-bond donors (Lipinski definition) is 3. The number of fused-ring (bicyclic) bond motifs is 1. The number of aliphatic carboxylic acids is 1. The van der Waals surface area contributed by atoms with E-state index in [0.717, 1.165) is 0 Å². The third kappa shape index (κ3) is 0.886. The molecule has 1 amide bonds. The van der Waals surface area contributed by atoms with Gasteiger partial charge in [0.15, 0.2) is 0 Å². The van der Waals surface area contributed by atoms with Gasteiger partial charge >= 0.3 is 5.97 Å². The van der Waals surface area contributed by atoms with Crippen LogP contribution in [0.5, 0.6) is 0 Å². The fourth-order valence-corrected chi connectivity index (χ4v) is 1.54. The standard InChI is InChI=1S/C6H8N2O4/c9-5-2-1-7-3(6(10)11)4(2)12-8-5/h2-4,7H,1H2,(H,8,9)(H,10,11)/t2-,3-,4-/m0/s1. The third-order valence-electron chi connectivity index (χ3n) is 2.18. The number of rotatable bonds is 1. The molecule has 0 aliphatic carbocycles. The van der Waals surface area contributed by atoms with Crippen molar-refractivity contribution in [2.24, 2.45) is 5.92 Å². The summed E-state index contributed by atoms with van der Waals surface area (Å²) in [5.41, 5.74) is 2.16. The zero-order valence-corrected chi connectivity index (χ0v) is 6.11. The molecule has 0 aromatic rings. The molecule has 2 rings (SSSR count). The average molecular weight is 172 g/mol. The number of carbonyl (C=O) groups excluding carboxylic acids is 1. The van der Waals surface area contributed by atoms with E-state index in [1.807, 2.05) is 0 Å². The number of carbonyl (C=O) groups is 2. The summed E-state index contributed by atoms with van der Waals surface area (Å²) < 4.78 is 0. The van der Waals surface area contributed by atoms with Gasteiger partial charge in [-0.05, 0) is 0 Å². The van der Waals surface area contributed by atoms with Gasteiger partial charge in [0.05, 0.1) is 5.92 Å². The number of hydrogen-bond acceptors (Lipinski definition) is 4. The highest BCUT2D eigenvalue weighted by Crippen LogP contribution is 2.22. The van der Waals surface area contributed by atoms with Crippen LogP contribution < -0.4 is 10.8 Å². The third-order valence-corrected chi connectivity index (χ3v) is 2.18. The van der Waals surface area contributed by atoms with Crippen molar-refractivity contribution in [3.63, 3.8) is 0 Å². The molecule has 0 spiro atoms. The first kappa shape index (κ1) is 7.51. The molecule has 0 aromatic carbocycles. The number of carboxylic acid groups (broad SMARTS) is 1. The van der Waals surface area contributed by atoms with Gasteiger partial charge in [-0.25, -0.2) is 5.48 Å². The summed E-state index contributed by atoms with van der Waals surface area (Å²) >= 11 is 0. The van der Waals surface area contributed by atoms with E-state index in [1.54, 1.807) is 0 Å². The highest BCUT2D eigenvalue weighted by atomic mass is 16.7. The molecule has 66 valence electrons. The maximum absolute atomic E-state index is 11.0. The summed E-state index contributed by atoms with van der Waals surface area (Å²) in [5.74, 6) is -1.58.